The number of carbonyl (C=O) groups is 2. The van der Waals surface area contributed by atoms with E-state index in [9.17, 15) is 24.6 Å². The van der Waals surface area contributed by atoms with Gasteiger partial charge < -0.3 is 19.7 Å². The summed E-state index contributed by atoms with van der Waals surface area (Å²) < 4.78 is 13.1. The number of aromatic nitrogens is 2. The van der Waals surface area contributed by atoms with E-state index >= 15 is 0 Å². The van der Waals surface area contributed by atoms with Crippen LogP contribution in [0.2, 0.25) is 0 Å². The van der Waals surface area contributed by atoms with Gasteiger partial charge in [0.15, 0.2) is 11.2 Å². The highest BCUT2D eigenvalue weighted by Gasteiger charge is 2.42. The van der Waals surface area contributed by atoms with Gasteiger partial charge in [-0.1, -0.05) is 29.7 Å². The molecular formula is C33H35N3O7S. The molecule has 3 aromatic rings. The van der Waals surface area contributed by atoms with E-state index in [4.69, 9.17) is 9.47 Å². The number of Topliss-reactive ketones (excluding diaryl/α,β-unsaturated/α-hetero) is 1. The molecule has 44 heavy (non-hydrogen) atoms. The topological polar surface area (TPSA) is 138 Å². The number of aryl methyl sites for hydroxylation is 3. The number of nitrogens with zero attached hydrogens (tertiary/aromatic N) is 1. The molecule has 0 amide bonds. The number of allylic oxidation sites excluding steroid dienone is 2. The van der Waals surface area contributed by atoms with Gasteiger partial charge in [-0.3, -0.25) is 24.3 Å². The summed E-state index contributed by atoms with van der Waals surface area (Å²) in [5.74, 6) is -0.411. The monoisotopic (exact) mass is 617 g/mol. The third-order valence-electron chi connectivity index (χ3n) is 8.84. The van der Waals surface area contributed by atoms with E-state index in [-0.39, 0.29) is 34.4 Å². The summed E-state index contributed by atoms with van der Waals surface area (Å²) in [6.07, 6.45) is 3.29. The number of hydrogen-bond acceptors (Lipinski definition) is 8. The Labute approximate surface area is 259 Å². The molecule has 3 N–H and O–H groups in total. The van der Waals surface area contributed by atoms with Crippen molar-refractivity contribution >= 4 is 34.8 Å². The van der Waals surface area contributed by atoms with Crippen LogP contribution in [0.25, 0.3) is 5.57 Å². The summed E-state index contributed by atoms with van der Waals surface area (Å²) in [5, 5.41) is 26.0. The van der Waals surface area contributed by atoms with E-state index < -0.39 is 28.7 Å². The maximum absolute atomic E-state index is 13.2. The van der Waals surface area contributed by atoms with E-state index in [0.29, 0.717) is 42.8 Å². The van der Waals surface area contributed by atoms with Gasteiger partial charge in [0.25, 0.3) is 5.56 Å². The summed E-state index contributed by atoms with van der Waals surface area (Å²) >= 11 is 1.57. The standard InChI is InChI=1S/C33H35N3O7S/c1-17-15-23-20(18(2)28(17)37)11-12-33(4,43-23)32(41)42-14-8-13-36-22-9-6-7-10-24(22)44-25(36)16-21-29(38)27(30(21)39)26-19(3)34-35(5)31(26)40/h6-7,9-10,15-16,25,34,37-38H,8,11-14H2,1-5H3/b21-16+. The number of H-pyrrole nitrogens is 1. The summed E-state index contributed by atoms with van der Waals surface area (Å²) in [7, 11) is 1.55. The first-order valence-corrected chi connectivity index (χ1v) is 15.5. The van der Waals surface area contributed by atoms with Crippen molar-refractivity contribution in [1.29, 1.82) is 0 Å². The SMILES string of the molecule is Cc1cc2c(c(C)c1O)CCC(C)(C(=O)OCCC[NH+]1c3ccccc3SC1/C=C1/C(=O)C(c3c(C)[nH]n(C)c3=O)=C1[O-])O2. The van der Waals surface area contributed by atoms with Crippen LogP contribution in [0.5, 0.6) is 11.5 Å². The van der Waals surface area contributed by atoms with E-state index in [2.05, 4.69) is 5.10 Å². The van der Waals surface area contributed by atoms with Crippen molar-refractivity contribution in [3.05, 3.63) is 86.0 Å². The number of esters is 1. The van der Waals surface area contributed by atoms with Gasteiger partial charge in [-0.05, 0) is 63.5 Å². The summed E-state index contributed by atoms with van der Waals surface area (Å²) in [6.45, 7) is 7.84. The Morgan fingerprint density at radius 2 is 2.05 bits per heavy atom. The smallest absolute Gasteiger partial charge is 0.350 e. The zero-order valence-electron chi connectivity index (χ0n) is 25.3. The third kappa shape index (κ3) is 4.84. The number of ketones is 1. The highest BCUT2D eigenvalue weighted by atomic mass is 32.2. The van der Waals surface area contributed by atoms with Crippen molar-refractivity contribution in [3.8, 4) is 11.5 Å². The quantitative estimate of drug-likeness (QED) is 0.209. The molecule has 1 aliphatic carbocycles. The summed E-state index contributed by atoms with van der Waals surface area (Å²) in [5.41, 5.74) is 2.55. The molecule has 11 heteroatoms. The molecule has 3 aliphatic rings. The number of thioether (sulfide) groups is 1. The largest absolute Gasteiger partial charge is 0.871 e. The molecule has 0 saturated carbocycles. The number of fused-ring (bicyclic) bond motifs is 2. The molecule has 0 spiro atoms. The predicted octanol–water partition coefficient (Wildman–Crippen LogP) is 2.29. The predicted molar refractivity (Wildman–Crippen MR) is 163 cm³/mol. The number of phenols is 1. The van der Waals surface area contributed by atoms with Gasteiger partial charge in [-0.2, -0.15) is 0 Å². The number of phenolic OH excluding ortho intramolecular Hbond substituents is 1. The normalized spacial score (nSPS) is 23.3. The number of carbonyl (C=O) groups excluding carboxylic acids is 2. The number of benzene rings is 2. The molecule has 10 nitrogen and oxygen atoms in total. The fourth-order valence-corrected chi connectivity index (χ4v) is 7.64. The maximum atomic E-state index is 13.2. The van der Waals surface area contributed by atoms with E-state index in [1.54, 1.807) is 51.7 Å². The lowest BCUT2D eigenvalue weighted by molar-refractivity contribution is -0.835. The first-order chi connectivity index (χ1) is 20.9. The van der Waals surface area contributed by atoms with Gasteiger partial charge in [0.05, 0.1) is 23.6 Å². The lowest BCUT2D eigenvalue weighted by Gasteiger charge is -2.34. The number of rotatable bonds is 7. The summed E-state index contributed by atoms with van der Waals surface area (Å²) in [6, 6.07) is 9.69. The molecule has 3 heterocycles. The lowest BCUT2D eigenvalue weighted by Crippen LogP contribution is -3.09. The first kappa shape index (κ1) is 29.8. The second-order valence-corrected chi connectivity index (χ2v) is 13.0. The zero-order chi connectivity index (χ0) is 31.5. The van der Waals surface area contributed by atoms with Crippen molar-refractivity contribution in [2.75, 3.05) is 13.2 Å². The van der Waals surface area contributed by atoms with E-state index in [1.807, 2.05) is 31.2 Å². The molecule has 2 aliphatic heterocycles. The number of para-hydroxylation sites is 1. The van der Waals surface area contributed by atoms with Crippen molar-refractivity contribution in [3.63, 3.8) is 0 Å². The van der Waals surface area contributed by atoms with Crippen LogP contribution in [0, 0.1) is 20.8 Å². The van der Waals surface area contributed by atoms with Gasteiger partial charge in [0.1, 0.15) is 17.2 Å². The lowest BCUT2D eigenvalue weighted by atomic mass is 9.83. The fraction of sp³-hybridized carbons (Fsp3) is 0.364. The Kier molecular flexibility index (Phi) is 7.49. The second kappa shape index (κ2) is 11.0. The van der Waals surface area contributed by atoms with Crippen LogP contribution in [0.4, 0.5) is 5.69 Å². The molecule has 3 atom stereocenters. The molecule has 0 bridgehead atoms. The van der Waals surface area contributed by atoms with Gasteiger partial charge in [-0.25, -0.2) is 4.79 Å². The van der Waals surface area contributed by atoms with Crippen LogP contribution < -0.4 is 20.3 Å². The van der Waals surface area contributed by atoms with Gasteiger partial charge >= 0.3 is 5.97 Å². The minimum Gasteiger partial charge on any atom is -0.871 e. The Balaban J connectivity index is 1.14. The number of hydrogen-bond donors (Lipinski definition) is 3. The molecule has 3 unspecified atom stereocenters. The Hall–Kier alpha value is -4.22. The average Bonchev–Trinajstić information content (AvgIpc) is 3.47. The van der Waals surface area contributed by atoms with Crippen LogP contribution in [0.3, 0.4) is 0 Å². The maximum Gasteiger partial charge on any atom is 0.350 e. The molecule has 1 aromatic heterocycles. The zero-order valence-corrected chi connectivity index (χ0v) is 26.1. The molecular weight excluding hydrogens is 582 g/mol. The number of ether oxygens (including phenoxy) is 2. The molecule has 6 rings (SSSR count). The molecule has 0 radical (unpaired) electrons. The van der Waals surface area contributed by atoms with Crippen LogP contribution in [-0.2, 0) is 27.8 Å². The highest BCUT2D eigenvalue weighted by molar-refractivity contribution is 8.00. The number of nitrogens with one attached hydrogen (secondary N) is 2. The molecule has 0 fully saturated rings. The van der Waals surface area contributed by atoms with E-state index in [1.165, 1.54) is 4.68 Å². The van der Waals surface area contributed by atoms with E-state index in [0.717, 1.165) is 26.6 Å². The van der Waals surface area contributed by atoms with Crippen molar-refractivity contribution in [2.45, 2.75) is 62.8 Å². The van der Waals surface area contributed by atoms with Crippen LogP contribution >= 0.6 is 11.8 Å². The van der Waals surface area contributed by atoms with Crippen LogP contribution in [0.1, 0.15) is 47.7 Å². The van der Waals surface area contributed by atoms with Gasteiger partial charge in [-0.15, -0.1) is 0 Å². The molecule has 0 saturated heterocycles. The van der Waals surface area contributed by atoms with Gasteiger partial charge in [0.2, 0.25) is 5.60 Å². The minimum absolute atomic E-state index is 0.0623. The van der Waals surface area contributed by atoms with Gasteiger partial charge in [0, 0.05) is 48.4 Å². The van der Waals surface area contributed by atoms with Crippen LogP contribution in [-0.4, -0.2) is 50.8 Å². The number of aromatic amines is 1. The fourth-order valence-electron chi connectivity index (χ4n) is 6.29. The average molecular weight is 618 g/mol. The first-order valence-electron chi connectivity index (χ1n) is 14.7. The van der Waals surface area contributed by atoms with Crippen LogP contribution in [0.15, 0.2) is 57.4 Å². The Morgan fingerprint density at radius 3 is 2.75 bits per heavy atom. The molecule has 2 aromatic carbocycles. The second-order valence-electron chi connectivity index (χ2n) is 11.9. The third-order valence-corrected chi connectivity index (χ3v) is 10.1. The molecule has 230 valence electrons. The Bertz CT molecular complexity index is 1830. The van der Waals surface area contributed by atoms with Crippen molar-refractivity contribution in [1.82, 2.24) is 9.78 Å². The Morgan fingerprint density at radius 1 is 1.30 bits per heavy atom. The highest BCUT2D eigenvalue weighted by Crippen LogP contribution is 2.41. The minimum atomic E-state index is -1.13. The number of quaternary nitrogens is 1. The van der Waals surface area contributed by atoms with Crippen molar-refractivity contribution in [2.24, 2.45) is 7.05 Å². The number of aromatic hydroxyl groups is 1. The summed E-state index contributed by atoms with van der Waals surface area (Å²) in [4.78, 5) is 40.9. The van der Waals surface area contributed by atoms with Crippen molar-refractivity contribution < 1.29 is 34.2 Å².